The molecule has 7 nitrogen and oxygen atoms in total. The van der Waals surface area contributed by atoms with Gasteiger partial charge in [-0.15, -0.1) is 0 Å². The lowest BCUT2D eigenvalue weighted by molar-refractivity contribution is -0.116. The number of anilines is 1. The van der Waals surface area contributed by atoms with Crippen molar-refractivity contribution in [3.8, 4) is 5.69 Å². The maximum Gasteiger partial charge on any atom is 0.273 e. The number of amides is 1. The highest BCUT2D eigenvalue weighted by Gasteiger charge is 2.18. The second-order valence-corrected chi connectivity index (χ2v) is 7.35. The smallest absolute Gasteiger partial charge is 0.273 e. The van der Waals surface area contributed by atoms with Crippen LogP contribution in [0.15, 0.2) is 59.4 Å². The Kier molecular flexibility index (Phi) is 5.18. The Morgan fingerprint density at radius 3 is 2.57 bits per heavy atom. The van der Waals surface area contributed by atoms with E-state index in [4.69, 9.17) is 0 Å². The Balaban J connectivity index is 1.61. The van der Waals surface area contributed by atoms with Crippen molar-refractivity contribution < 1.29 is 4.79 Å². The van der Waals surface area contributed by atoms with Crippen molar-refractivity contribution in [1.82, 2.24) is 19.3 Å². The number of hydrogen-bond donors (Lipinski definition) is 1. The molecule has 0 saturated heterocycles. The first-order valence-corrected chi connectivity index (χ1v) is 9.81. The Hall–Kier alpha value is -3.74. The number of carbonyl (C=O) groups excluding carboxylic acids is 1. The van der Waals surface area contributed by atoms with Crippen molar-refractivity contribution >= 4 is 22.8 Å². The van der Waals surface area contributed by atoms with E-state index in [1.165, 1.54) is 0 Å². The first kappa shape index (κ1) is 19.6. The molecule has 7 heteroatoms. The molecule has 2 heterocycles. The third kappa shape index (κ3) is 3.74. The van der Waals surface area contributed by atoms with E-state index in [2.05, 4.69) is 15.4 Å². The second-order valence-electron chi connectivity index (χ2n) is 7.35. The summed E-state index contributed by atoms with van der Waals surface area (Å²) >= 11 is 0. The summed E-state index contributed by atoms with van der Waals surface area (Å²) in [6, 6.07) is 17.2. The normalized spacial score (nSPS) is 11.0. The van der Waals surface area contributed by atoms with Crippen molar-refractivity contribution in [3.05, 3.63) is 81.9 Å². The molecule has 0 bridgehead atoms. The lowest BCUT2D eigenvalue weighted by Crippen LogP contribution is -2.25. The number of carbonyl (C=O) groups is 1. The fraction of sp³-hybridized carbons (Fsp3) is 0.217. The molecule has 0 atom stereocenters. The van der Waals surface area contributed by atoms with Crippen LogP contribution in [0.2, 0.25) is 0 Å². The first-order valence-electron chi connectivity index (χ1n) is 9.81. The third-order valence-electron chi connectivity index (χ3n) is 5.01. The van der Waals surface area contributed by atoms with Gasteiger partial charge in [0.1, 0.15) is 11.2 Å². The average molecular weight is 401 g/mol. The van der Waals surface area contributed by atoms with Gasteiger partial charge in [-0.2, -0.15) is 5.10 Å². The van der Waals surface area contributed by atoms with Gasteiger partial charge in [0.2, 0.25) is 5.91 Å². The molecule has 4 rings (SSSR count). The predicted molar refractivity (Wildman–Crippen MR) is 117 cm³/mol. The maximum atomic E-state index is 12.9. The van der Waals surface area contributed by atoms with Gasteiger partial charge in [-0.1, -0.05) is 30.3 Å². The molecule has 0 aliphatic heterocycles. The van der Waals surface area contributed by atoms with E-state index in [0.717, 1.165) is 22.6 Å². The fourth-order valence-corrected chi connectivity index (χ4v) is 3.50. The molecule has 1 amide bonds. The van der Waals surface area contributed by atoms with Crippen molar-refractivity contribution in [2.45, 2.75) is 26.7 Å². The van der Waals surface area contributed by atoms with Crippen LogP contribution in [-0.2, 0) is 18.3 Å². The van der Waals surface area contributed by atoms with Crippen molar-refractivity contribution in [2.24, 2.45) is 7.05 Å². The molecule has 0 aliphatic carbocycles. The molecule has 152 valence electrons. The molecule has 0 unspecified atom stereocenters. The monoisotopic (exact) mass is 401 g/mol. The van der Waals surface area contributed by atoms with Gasteiger partial charge in [0.05, 0.1) is 11.4 Å². The van der Waals surface area contributed by atoms with Crippen LogP contribution in [0.5, 0.6) is 0 Å². The molecule has 4 aromatic rings. The standard InChI is InChI=1S/C23H23N5O2/c1-15-8-7-9-17(14-15)24-20(29)13-12-19-23(30)27(3)22-21(25-19)16(2)26-28(22)18-10-5-4-6-11-18/h4-11,14H,12-13H2,1-3H3,(H,24,29). The van der Waals surface area contributed by atoms with Gasteiger partial charge in [0.25, 0.3) is 5.56 Å². The lowest BCUT2D eigenvalue weighted by Gasteiger charge is -2.09. The van der Waals surface area contributed by atoms with Crippen LogP contribution in [0.25, 0.3) is 16.9 Å². The van der Waals surface area contributed by atoms with E-state index in [1.807, 2.05) is 68.4 Å². The van der Waals surface area contributed by atoms with Gasteiger partial charge in [0, 0.05) is 25.6 Å². The quantitative estimate of drug-likeness (QED) is 0.556. The second kappa shape index (κ2) is 7.94. The molecule has 2 aromatic heterocycles. The fourth-order valence-electron chi connectivity index (χ4n) is 3.50. The lowest BCUT2D eigenvalue weighted by atomic mass is 10.2. The van der Waals surface area contributed by atoms with E-state index < -0.39 is 0 Å². The summed E-state index contributed by atoms with van der Waals surface area (Å²) < 4.78 is 3.29. The number of nitrogens with zero attached hydrogens (tertiary/aromatic N) is 4. The summed E-state index contributed by atoms with van der Waals surface area (Å²) in [6.45, 7) is 3.84. The summed E-state index contributed by atoms with van der Waals surface area (Å²) in [6.07, 6.45) is 0.434. The average Bonchev–Trinajstić information content (AvgIpc) is 3.07. The SMILES string of the molecule is Cc1cccc(NC(=O)CCc2nc3c(C)nn(-c4ccccc4)c3n(C)c2=O)c1. The Morgan fingerprint density at radius 1 is 1.07 bits per heavy atom. The van der Waals surface area contributed by atoms with Crippen molar-refractivity contribution in [1.29, 1.82) is 0 Å². The molecule has 1 N–H and O–H groups in total. The molecular formula is C23H23N5O2. The van der Waals surface area contributed by atoms with Crippen molar-refractivity contribution in [2.75, 3.05) is 5.32 Å². The van der Waals surface area contributed by atoms with Crippen molar-refractivity contribution in [3.63, 3.8) is 0 Å². The molecule has 0 spiro atoms. The summed E-state index contributed by atoms with van der Waals surface area (Å²) in [5.74, 6) is -0.152. The summed E-state index contributed by atoms with van der Waals surface area (Å²) in [5.41, 5.74) is 4.85. The van der Waals surface area contributed by atoms with Crippen LogP contribution in [0, 0.1) is 13.8 Å². The topological polar surface area (TPSA) is 81.8 Å². The highest BCUT2D eigenvalue weighted by Crippen LogP contribution is 2.19. The third-order valence-corrected chi connectivity index (χ3v) is 5.01. The van der Waals surface area contributed by atoms with Gasteiger partial charge in [-0.05, 0) is 43.7 Å². The van der Waals surface area contributed by atoms with Gasteiger partial charge < -0.3 is 5.32 Å². The zero-order chi connectivity index (χ0) is 21.3. The van der Waals surface area contributed by atoms with Gasteiger partial charge in [-0.25, -0.2) is 9.67 Å². The number of para-hydroxylation sites is 1. The number of benzene rings is 2. The van der Waals surface area contributed by atoms with Crippen LogP contribution >= 0.6 is 0 Å². The Morgan fingerprint density at radius 2 is 1.83 bits per heavy atom. The van der Waals surface area contributed by atoms with E-state index in [9.17, 15) is 9.59 Å². The van der Waals surface area contributed by atoms with Crippen LogP contribution in [0.1, 0.15) is 23.4 Å². The molecule has 0 aliphatic rings. The number of aromatic nitrogens is 4. The summed E-state index contributed by atoms with van der Waals surface area (Å²) in [4.78, 5) is 29.8. The number of nitrogens with one attached hydrogen (secondary N) is 1. The molecule has 2 aromatic carbocycles. The van der Waals surface area contributed by atoms with E-state index in [1.54, 1.807) is 16.3 Å². The maximum absolute atomic E-state index is 12.9. The number of fused-ring (bicyclic) bond motifs is 1. The van der Waals surface area contributed by atoms with Gasteiger partial charge in [-0.3, -0.25) is 14.2 Å². The number of aryl methyl sites for hydroxylation is 4. The largest absolute Gasteiger partial charge is 0.326 e. The van der Waals surface area contributed by atoms with Crippen LogP contribution in [-0.4, -0.2) is 25.2 Å². The molecule has 0 saturated carbocycles. The Labute approximate surface area is 174 Å². The van der Waals surface area contributed by atoms with Crippen LogP contribution in [0.3, 0.4) is 0 Å². The van der Waals surface area contributed by atoms with E-state index >= 15 is 0 Å². The number of rotatable bonds is 5. The minimum atomic E-state index is -0.220. The van der Waals surface area contributed by atoms with Crippen LogP contribution < -0.4 is 10.9 Å². The summed E-state index contributed by atoms with van der Waals surface area (Å²) in [5, 5.41) is 7.45. The molecule has 30 heavy (non-hydrogen) atoms. The minimum Gasteiger partial charge on any atom is -0.326 e. The molecule has 0 radical (unpaired) electrons. The van der Waals surface area contributed by atoms with E-state index in [-0.39, 0.29) is 24.3 Å². The first-order chi connectivity index (χ1) is 14.4. The molecular weight excluding hydrogens is 378 g/mol. The zero-order valence-corrected chi connectivity index (χ0v) is 17.2. The number of hydrogen-bond acceptors (Lipinski definition) is 4. The highest BCUT2D eigenvalue weighted by atomic mass is 16.1. The van der Waals surface area contributed by atoms with Gasteiger partial charge >= 0.3 is 0 Å². The zero-order valence-electron chi connectivity index (χ0n) is 17.2. The van der Waals surface area contributed by atoms with Gasteiger partial charge in [0.15, 0.2) is 5.65 Å². The summed E-state index contributed by atoms with van der Waals surface area (Å²) in [7, 11) is 1.71. The minimum absolute atomic E-state index is 0.152. The Bertz CT molecular complexity index is 1290. The molecule has 0 fully saturated rings. The van der Waals surface area contributed by atoms with Crippen LogP contribution in [0.4, 0.5) is 5.69 Å². The highest BCUT2D eigenvalue weighted by molar-refractivity contribution is 5.90. The van der Waals surface area contributed by atoms with E-state index in [0.29, 0.717) is 16.9 Å². The predicted octanol–water partition coefficient (Wildman–Crippen LogP) is 3.31.